The lowest BCUT2D eigenvalue weighted by Crippen LogP contribution is -2.07. The minimum atomic E-state index is 0.316. The largest absolute Gasteiger partial charge is 0.312 e. The van der Waals surface area contributed by atoms with Crippen LogP contribution in [0.1, 0.15) is 56.7 Å². The van der Waals surface area contributed by atoms with E-state index in [1.54, 1.807) is 0 Å². The Balaban J connectivity index is 1.59. The molecule has 0 saturated carbocycles. The van der Waals surface area contributed by atoms with Crippen molar-refractivity contribution in [1.82, 2.24) is 40.0 Å². The Morgan fingerprint density at radius 2 is 1.93 bits per heavy atom. The third kappa shape index (κ3) is 4.14. The van der Waals surface area contributed by atoms with Gasteiger partial charge >= 0.3 is 0 Å². The standard InChI is InChI=1S/C21H25ClN8/c1-4-5-6-18-23-20(14(2)3)26-30(18)13-15-7-9-16(10-8-15)29-12-11-17(22)19(29)21-24-27-28-25-21/h7-12,14H,4-6,13H2,1-3H3,(H,24,25,27,28). The predicted octanol–water partition coefficient (Wildman–Crippen LogP) is 4.42. The fourth-order valence-electron chi connectivity index (χ4n) is 3.32. The van der Waals surface area contributed by atoms with Crippen LogP contribution in [-0.2, 0) is 13.0 Å². The molecule has 0 aliphatic rings. The molecule has 0 aliphatic heterocycles. The van der Waals surface area contributed by atoms with E-state index >= 15 is 0 Å². The lowest BCUT2D eigenvalue weighted by Gasteiger charge is -2.10. The molecule has 0 unspecified atom stereocenters. The summed E-state index contributed by atoms with van der Waals surface area (Å²) in [5, 5.41) is 19.5. The molecule has 1 N–H and O–H groups in total. The van der Waals surface area contributed by atoms with Crippen molar-refractivity contribution >= 4 is 11.6 Å². The minimum absolute atomic E-state index is 0.316. The van der Waals surface area contributed by atoms with E-state index in [2.05, 4.69) is 65.7 Å². The molecule has 0 spiro atoms. The Morgan fingerprint density at radius 3 is 2.60 bits per heavy atom. The van der Waals surface area contributed by atoms with Crippen LogP contribution in [-0.4, -0.2) is 40.0 Å². The lowest BCUT2D eigenvalue weighted by atomic mass is 10.2. The number of H-pyrrole nitrogens is 1. The van der Waals surface area contributed by atoms with Gasteiger partial charge in [-0.1, -0.05) is 50.9 Å². The predicted molar refractivity (Wildman–Crippen MR) is 116 cm³/mol. The van der Waals surface area contributed by atoms with Crippen LogP contribution in [0.4, 0.5) is 0 Å². The molecule has 0 amide bonds. The summed E-state index contributed by atoms with van der Waals surface area (Å²) in [6.45, 7) is 7.14. The SMILES string of the molecule is CCCCc1nc(C(C)C)nn1Cc1ccc(-n2ccc(Cl)c2-c2nn[nH]n2)cc1. The van der Waals surface area contributed by atoms with E-state index in [0.717, 1.165) is 42.2 Å². The maximum absolute atomic E-state index is 6.35. The molecule has 0 bridgehead atoms. The van der Waals surface area contributed by atoms with Crippen LogP contribution in [0.5, 0.6) is 0 Å². The summed E-state index contributed by atoms with van der Waals surface area (Å²) in [4.78, 5) is 4.76. The average molecular weight is 425 g/mol. The number of nitrogens with one attached hydrogen (secondary N) is 1. The Bertz CT molecular complexity index is 1090. The van der Waals surface area contributed by atoms with Crippen LogP contribution in [0, 0.1) is 0 Å². The van der Waals surface area contributed by atoms with Crippen molar-refractivity contribution in [2.45, 2.75) is 52.5 Å². The first-order chi connectivity index (χ1) is 14.6. The molecular formula is C21H25ClN8. The third-order valence-corrected chi connectivity index (χ3v) is 5.28. The van der Waals surface area contributed by atoms with Gasteiger partial charge in [-0.3, -0.25) is 0 Å². The van der Waals surface area contributed by atoms with Crippen LogP contribution in [0.25, 0.3) is 17.2 Å². The summed E-state index contributed by atoms with van der Waals surface area (Å²) in [6, 6.07) is 10.1. The number of aromatic nitrogens is 8. The van der Waals surface area contributed by atoms with Crippen molar-refractivity contribution in [1.29, 1.82) is 0 Å². The molecule has 0 atom stereocenters. The first kappa shape index (κ1) is 20.3. The fourth-order valence-corrected chi connectivity index (χ4v) is 3.55. The molecule has 9 heteroatoms. The highest BCUT2D eigenvalue weighted by molar-refractivity contribution is 6.33. The monoisotopic (exact) mass is 424 g/mol. The molecule has 1 aromatic carbocycles. The van der Waals surface area contributed by atoms with Crippen molar-refractivity contribution in [2.24, 2.45) is 0 Å². The Labute approximate surface area is 180 Å². The van der Waals surface area contributed by atoms with Crippen molar-refractivity contribution in [3.63, 3.8) is 0 Å². The number of tetrazole rings is 1. The van der Waals surface area contributed by atoms with E-state index in [9.17, 15) is 0 Å². The second-order valence-electron chi connectivity index (χ2n) is 7.59. The lowest BCUT2D eigenvalue weighted by molar-refractivity contribution is 0.610. The number of hydrogen-bond acceptors (Lipinski definition) is 5. The Kier molecular flexibility index (Phi) is 5.94. The number of hydrogen-bond donors (Lipinski definition) is 1. The normalized spacial score (nSPS) is 11.5. The molecule has 3 heterocycles. The zero-order valence-electron chi connectivity index (χ0n) is 17.4. The van der Waals surface area contributed by atoms with E-state index in [-0.39, 0.29) is 0 Å². The van der Waals surface area contributed by atoms with Gasteiger partial charge in [-0.2, -0.15) is 10.3 Å². The van der Waals surface area contributed by atoms with Crippen LogP contribution in [0.3, 0.4) is 0 Å². The topological polar surface area (TPSA) is 90.1 Å². The number of nitrogens with zero attached hydrogens (tertiary/aromatic N) is 7. The molecular weight excluding hydrogens is 400 g/mol. The van der Waals surface area contributed by atoms with Gasteiger partial charge in [-0.25, -0.2) is 9.67 Å². The zero-order valence-corrected chi connectivity index (χ0v) is 18.1. The summed E-state index contributed by atoms with van der Waals surface area (Å²) in [7, 11) is 0. The number of benzene rings is 1. The Morgan fingerprint density at radius 1 is 1.13 bits per heavy atom. The molecule has 0 saturated heterocycles. The van der Waals surface area contributed by atoms with Crippen LogP contribution in [0.2, 0.25) is 5.02 Å². The van der Waals surface area contributed by atoms with Gasteiger partial charge in [-0.15, -0.1) is 10.2 Å². The molecule has 3 aromatic heterocycles. The quantitative estimate of drug-likeness (QED) is 0.452. The van der Waals surface area contributed by atoms with Gasteiger partial charge in [0, 0.05) is 24.2 Å². The summed E-state index contributed by atoms with van der Waals surface area (Å²) >= 11 is 6.35. The van der Waals surface area contributed by atoms with Gasteiger partial charge in [0.2, 0.25) is 5.82 Å². The smallest absolute Gasteiger partial charge is 0.222 e. The second-order valence-corrected chi connectivity index (χ2v) is 7.99. The number of aryl methyl sites for hydroxylation is 1. The Hall–Kier alpha value is -3.00. The van der Waals surface area contributed by atoms with E-state index in [1.165, 1.54) is 0 Å². The molecule has 0 aliphatic carbocycles. The van der Waals surface area contributed by atoms with Gasteiger partial charge in [0.1, 0.15) is 11.5 Å². The van der Waals surface area contributed by atoms with Crippen molar-refractivity contribution in [3.05, 3.63) is 58.8 Å². The van der Waals surface area contributed by atoms with Gasteiger partial charge < -0.3 is 4.57 Å². The van der Waals surface area contributed by atoms with Gasteiger partial charge in [-0.05, 0) is 35.4 Å². The van der Waals surface area contributed by atoms with Gasteiger partial charge in [0.05, 0.1) is 11.6 Å². The van der Waals surface area contributed by atoms with Crippen molar-refractivity contribution < 1.29 is 0 Å². The van der Waals surface area contributed by atoms with Crippen LogP contribution < -0.4 is 0 Å². The molecule has 8 nitrogen and oxygen atoms in total. The van der Waals surface area contributed by atoms with Crippen LogP contribution >= 0.6 is 11.6 Å². The van der Waals surface area contributed by atoms with E-state index in [4.69, 9.17) is 21.7 Å². The van der Waals surface area contributed by atoms with E-state index in [0.29, 0.717) is 29.0 Å². The number of halogens is 1. The van der Waals surface area contributed by atoms with E-state index < -0.39 is 0 Å². The maximum atomic E-state index is 6.35. The average Bonchev–Trinajstić information content (AvgIpc) is 3.47. The highest BCUT2D eigenvalue weighted by atomic mass is 35.5. The van der Waals surface area contributed by atoms with Crippen molar-refractivity contribution in [2.75, 3.05) is 0 Å². The molecule has 0 fully saturated rings. The first-order valence-electron chi connectivity index (χ1n) is 10.2. The van der Waals surface area contributed by atoms with E-state index in [1.807, 2.05) is 21.5 Å². The van der Waals surface area contributed by atoms with Gasteiger partial charge in [0.25, 0.3) is 0 Å². The number of unbranched alkanes of at least 4 members (excludes halogenated alkanes) is 1. The summed E-state index contributed by atoms with van der Waals surface area (Å²) in [5.74, 6) is 2.74. The van der Waals surface area contributed by atoms with Crippen molar-refractivity contribution in [3.8, 4) is 17.2 Å². The first-order valence-corrected chi connectivity index (χ1v) is 10.6. The molecule has 4 rings (SSSR count). The maximum Gasteiger partial charge on any atom is 0.222 e. The number of aromatic amines is 1. The highest BCUT2D eigenvalue weighted by Crippen LogP contribution is 2.29. The molecule has 30 heavy (non-hydrogen) atoms. The second kappa shape index (κ2) is 8.79. The molecule has 0 radical (unpaired) electrons. The molecule has 4 aromatic rings. The zero-order chi connectivity index (χ0) is 21.1. The van der Waals surface area contributed by atoms with Crippen LogP contribution in [0.15, 0.2) is 36.5 Å². The summed E-state index contributed by atoms with van der Waals surface area (Å²) < 4.78 is 3.99. The summed E-state index contributed by atoms with van der Waals surface area (Å²) in [5.41, 5.74) is 2.84. The highest BCUT2D eigenvalue weighted by Gasteiger charge is 2.16. The molecule has 156 valence electrons. The minimum Gasteiger partial charge on any atom is -0.312 e. The summed E-state index contributed by atoms with van der Waals surface area (Å²) in [6.07, 6.45) is 5.10. The third-order valence-electron chi connectivity index (χ3n) is 4.98. The van der Waals surface area contributed by atoms with Gasteiger partial charge in [0.15, 0.2) is 5.82 Å². The number of rotatable bonds is 8. The fraction of sp³-hybridized carbons (Fsp3) is 0.381.